The van der Waals surface area contributed by atoms with E-state index in [0.717, 1.165) is 21.9 Å². The van der Waals surface area contributed by atoms with Gasteiger partial charge in [-0.3, -0.25) is 9.10 Å². The lowest BCUT2D eigenvalue weighted by Gasteiger charge is -2.25. The summed E-state index contributed by atoms with van der Waals surface area (Å²) in [7, 11) is -3.94. The molecule has 32 heavy (non-hydrogen) atoms. The monoisotopic (exact) mass is 444 g/mol. The highest BCUT2D eigenvalue weighted by atomic mass is 32.2. The zero-order valence-electron chi connectivity index (χ0n) is 17.9. The summed E-state index contributed by atoms with van der Waals surface area (Å²) in [5.74, 6) is -0.417. The minimum atomic E-state index is -3.94. The molecule has 0 atom stereocenters. The summed E-state index contributed by atoms with van der Waals surface area (Å²) in [5.41, 5.74) is 2.81. The van der Waals surface area contributed by atoms with Crippen molar-refractivity contribution in [2.45, 2.75) is 18.7 Å². The molecule has 5 nitrogen and oxygen atoms in total. The molecule has 162 valence electrons. The highest BCUT2D eigenvalue weighted by Crippen LogP contribution is 2.27. The predicted molar refractivity (Wildman–Crippen MR) is 129 cm³/mol. The Balaban J connectivity index is 1.66. The Morgan fingerprint density at radius 2 is 1.47 bits per heavy atom. The van der Waals surface area contributed by atoms with Gasteiger partial charge in [0.05, 0.1) is 10.6 Å². The first-order chi connectivity index (χ1) is 15.3. The number of hydrogen-bond donors (Lipinski definition) is 1. The zero-order chi connectivity index (χ0) is 22.7. The summed E-state index contributed by atoms with van der Waals surface area (Å²) >= 11 is 0. The van der Waals surface area contributed by atoms with Gasteiger partial charge < -0.3 is 5.32 Å². The highest BCUT2D eigenvalue weighted by molar-refractivity contribution is 7.92. The van der Waals surface area contributed by atoms with Crippen LogP contribution in [0.25, 0.3) is 10.8 Å². The van der Waals surface area contributed by atoms with Gasteiger partial charge in [0.1, 0.15) is 6.54 Å². The highest BCUT2D eigenvalue weighted by Gasteiger charge is 2.28. The number of benzene rings is 4. The fourth-order valence-corrected chi connectivity index (χ4v) is 5.06. The van der Waals surface area contributed by atoms with E-state index in [9.17, 15) is 13.2 Å². The van der Waals surface area contributed by atoms with Crippen LogP contribution in [0.15, 0.2) is 95.9 Å². The molecule has 0 saturated heterocycles. The van der Waals surface area contributed by atoms with Gasteiger partial charge in [0.25, 0.3) is 10.0 Å². The molecular weight excluding hydrogens is 420 g/mol. The number of hydrogen-bond acceptors (Lipinski definition) is 3. The molecule has 0 fully saturated rings. The van der Waals surface area contributed by atoms with Crippen molar-refractivity contribution in [3.8, 4) is 0 Å². The van der Waals surface area contributed by atoms with E-state index in [2.05, 4.69) is 5.32 Å². The van der Waals surface area contributed by atoms with Crippen LogP contribution in [0.5, 0.6) is 0 Å². The Morgan fingerprint density at radius 3 is 2.19 bits per heavy atom. The lowest BCUT2D eigenvalue weighted by atomic mass is 10.1. The van der Waals surface area contributed by atoms with E-state index in [1.165, 1.54) is 4.31 Å². The normalized spacial score (nSPS) is 11.3. The number of aryl methyl sites for hydroxylation is 2. The Kier molecular flexibility index (Phi) is 5.97. The average molecular weight is 445 g/mol. The van der Waals surface area contributed by atoms with Crippen molar-refractivity contribution >= 4 is 38.1 Å². The van der Waals surface area contributed by atoms with E-state index >= 15 is 0 Å². The maximum Gasteiger partial charge on any atom is 0.264 e. The Bertz CT molecular complexity index is 1380. The van der Waals surface area contributed by atoms with Gasteiger partial charge in [-0.1, -0.05) is 66.2 Å². The number of anilines is 2. The quantitative estimate of drug-likeness (QED) is 0.439. The van der Waals surface area contributed by atoms with Crippen molar-refractivity contribution in [1.29, 1.82) is 0 Å². The van der Waals surface area contributed by atoms with Gasteiger partial charge in [-0.15, -0.1) is 0 Å². The summed E-state index contributed by atoms with van der Waals surface area (Å²) in [6, 6.07) is 27.2. The molecule has 0 unspecified atom stereocenters. The molecule has 6 heteroatoms. The molecule has 1 amide bonds. The standard InChI is InChI=1S/C26H24N2O3S/c1-19-11-15-24(16-12-19)32(30,31)28(25-10-6-3-7-20(25)2)18-26(29)27-23-14-13-21-8-4-5-9-22(21)17-23/h3-17H,18H2,1-2H3,(H,27,29). The van der Waals surface area contributed by atoms with Gasteiger partial charge in [-0.2, -0.15) is 0 Å². The Hall–Kier alpha value is -3.64. The number of amides is 1. The first-order valence-corrected chi connectivity index (χ1v) is 11.7. The molecule has 1 N–H and O–H groups in total. The number of para-hydroxylation sites is 1. The molecule has 4 aromatic rings. The Labute approximate surface area is 188 Å². The molecule has 0 bridgehead atoms. The molecule has 0 aliphatic heterocycles. The van der Waals surface area contributed by atoms with E-state index in [1.807, 2.05) is 68.4 Å². The first kappa shape index (κ1) is 21.6. The average Bonchev–Trinajstić information content (AvgIpc) is 2.78. The summed E-state index contributed by atoms with van der Waals surface area (Å²) in [6.45, 7) is 3.38. The Morgan fingerprint density at radius 1 is 0.812 bits per heavy atom. The van der Waals surface area contributed by atoms with Crippen LogP contribution < -0.4 is 9.62 Å². The van der Waals surface area contributed by atoms with Gasteiger partial charge in [0.15, 0.2) is 0 Å². The van der Waals surface area contributed by atoms with Crippen molar-refractivity contribution in [2.75, 3.05) is 16.2 Å². The third kappa shape index (κ3) is 4.50. The molecular formula is C26H24N2O3S. The van der Waals surface area contributed by atoms with Crippen LogP contribution in [0.1, 0.15) is 11.1 Å². The summed E-state index contributed by atoms with van der Waals surface area (Å²) in [4.78, 5) is 13.1. The van der Waals surface area contributed by atoms with Gasteiger partial charge in [-0.25, -0.2) is 8.42 Å². The molecule has 0 radical (unpaired) electrons. The molecule has 0 aliphatic rings. The van der Waals surface area contributed by atoms with E-state index in [1.54, 1.807) is 36.4 Å². The summed E-state index contributed by atoms with van der Waals surface area (Å²) < 4.78 is 28.2. The number of nitrogens with one attached hydrogen (secondary N) is 1. The van der Waals surface area contributed by atoms with E-state index in [0.29, 0.717) is 11.4 Å². The van der Waals surface area contributed by atoms with Crippen LogP contribution in [0.2, 0.25) is 0 Å². The van der Waals surface area contributed by atoms with E-state index < -0.39 is 15.9 Å². The minimum absolute atomic E-state index is 0.143. The number of sulfonamides is 1. The number of carbonyl (C=O) groups excluding carboxylic acids is 1. The van der Waals surface area contributed by atoms with E-state index in [-0.39, 0.29) is 11.4 Å². The van der Waals surface area contributed by atoms with Crippen LogP contribution in [0, 0.1) is 13.8 Å². The second kappa shape index (κ2) is 8.85. The smallest absolute Gasteiger partial charge is 0.264 e. The van der Waals surface area contributed by atoms with E-state index in [4.69, 9.17) is 0 Å². The molecule has 0 saturated carbocycles. The van der Waals surface area contributed by atoms with Crippen molar-refractivity contribution in [2.24, 2.45) is 0 Å². The van der Waals surface area contributed by atoms with Crippen molar-refractivity contribution in [3.63, 3.8) is 0 Å². The SMILES string of the molecule is Cc1ccc(S(=O)(=O)N(CC(=O)Nc2ccc3ccccc3c2)c2ccccc2C)cc1. The second-order valence-electron chi connectivity index (χ2n) is 7.72. The predicted octanol–water partition coefficient (Wildman–Crippen LogP) is 5.29. The van der Waals surface area contributed by atoms with Gasteiger partial charge in [-0.05, 0) is 60.5 Å². The number of nitrogens with zero attached hydrogens (tertiary/aromatic N) is 1. The third-order valence-corrected chi connectivity index (χ3v) is 7.09. The van der Waals surface area contributed by atoms with Crippen molar-refractivity contribution < 1.29 is 13.2 Å². The number of fused-ring (bicyclic) bond motifs is 1. The fourth-order valence-electron chi connectivity index (χ4n) is 3.58. The van der Waals surface area contributed by atoms with Gasteiger partial charge in [0, 0.05) is 5.69 Å². The van der Waals surface area contributed by atoms with Crippen LogP contribution in [-0.4, -0.2) is 20.9 Å². The topological polar surface area (TPSA) is 66.5 Å². The molecule has 0 aliphatic carbocycles. The first-order valence-electron chi connectivity index (χ1n) is 10.3. The minimum Gasteiger partial charge on any atom is -0.324 e. The fraction of sp³-hybridized carbons (Fsp3) is 0.115. The number of carbonyl (C=O) groups is 1. The lowest BCUT2D eigenvalue weighted by molar-refractivity contribution is -0.114. The zero-order valence-corrected chi connectivity index (χ0v) is 18.8. The molecule has 0 heterocycles. The molecule has 0 spiro atoms. The third-order valence-electron chi connectivity index (χ3n) is 5.31. The van der Waals surface area contributed by atoms with Crippen LogP contribution in [-0.2, 0) is 14.8 Å². The maximum absolute atomic E-state index is 13.5. The van der Waals surface area contributed by atoms with Crippen LogP contribution in [0.4, 0.5) is 11.4 Å². The molecule has 4 rings (SSSR count). The van der Waals surface area contributed by atoms with Crippen LogP contribution in [0.3, 0.4) is 0 Å². The summed E-state index contributed by atoms with van der Waals surface area (Å²) in [5, 5.41) is 4.90. The van der Waals surface area contributed by atoms with Crippen molar-refractivity contribution in [3.05, 3.63) is 102 Å². The van der Waals surface area contributed by atoms with Crippen molar-refractivity contribution in [1.82, 2.24) is 0 Å². The number of rotatable bonds is 6. The van der Waals surface area contributed by atoms with Crippen LogP contribution >= 0.6 is 0 Å². The largest absolute Gasteiger partial charge is 0.324 e. The lowest BCUT2D eigenvalue weighted by Crippen LogP contribution is -2.38. The second-order valence-corrected chi connectivity index (χ2v) is 9.58. The molecule has 0 aromatic heterocycles. The maximum atomic E-state index is 13.5. The van der Waals surface area contributed by atoms with Gasteiger partial charge >= 0.3 is 0 Å². The summed E-state index contributed by atoms with van der Waals surface area (Å²) in [6.07, 6.45) is 0. The van der Waals surface area contributed by atoms with Gasteiger partial charge in [0.2, 0.25) is 5.91 Å². The molecule has 4 aromatic carbocycles.